The molecule has 1 aromatic rings. The van der Waals surface area contributed by atoms with Crippen molar-refractivity contribution in [2.75, 3.05) is 39.9 Å². The van der Waals surface area contributed by atoms with Crippen molar-refractivity contribution in [3.05, 3.63) is 35.4 Å². The van der Waals surface area contributed by atoms with E-state index in [1.807, 2.05) is 7.05 Å². The third-order valence-corrected chi connectivity index (χ3v) is 6.26. The fourth-order valence-corrected chi connectivity index (χ4v) is 4.24. The van der Waals surface area contributed by atoms with Gasteiger partial charge in [0, 0.05) is 39.8 Å². The van der Waals surface area contributed by atoms with Crippen molar-refractivity contribution in [1.82, 2.24) is 15.5 Å². The first-order valence-corrected chi connectivity index (χ1v) is 10.6. The molecule has 1 aliphatic carbocycles. The van der Waals surface area contributed by atoms with Gasteiger partial charge in [0.25, 0.3) is 0 Å². The zero-order valence-corrected chi connectivity index (χ0v) is 19.8. The van der Waals surface area contributed by atoms with Crippen LogP contribution in [0.25, 0.3) is 0 Å². The van der Waals surface area contributed by atoms with E-state index in [1.165, 1.54) is 43.2 Å². The van der Waals surface area contributed by atoms with Gasteiger partial charge in [-0.15, -0.1) is 24.0 Å². The number of rotatable bonds is 7. The highest BCUT2D eigenvalue weighted by Crippen LogP contribution is 2.40. The van der Waals surface area contributed by atoms with Crippen molar-refractivity contribution >= 4 is 29.9 Å². The second-order valence-corrected chi connectivity index (χ2v) is 8.04. The molecule has 0 aromatic heterocycles. The number of hydrogen-bond acceptors (Lipinski definition) is 3. The summed E-state index contributed by atoms with van der Waals surface area (Å²) >= 11 is 0. The summed E-state index contributed by atoms with van der Waals surface area (Å²) in [6.07, 6.45) is 6.69. The Bertz CT molecular complexity index is 593. The van der Waals surface area contributed by atoms with Crippen molar-refractivity contribution in [2.45, 2.75) is 52.1 Å². The van der Waals surface area contributed by atoms with E-state index in [2.05, 4.69) is 51.7 Å². The lowest BCUT2D eigenvalue weighted by molar-refractivity contribution is 0.0342. The maximum atomic E-state index is 5.42. The third-order valence-electron chi connectivity index (χ3n) is 6.26. The summed E-state index contributed by atoms with van der Waals surface area (Å²) in [5, 5.41) is 7.02. The van der Waals surface area contributed by atoms with Crippen molar-refractivity contribution < 1.29 is 4.74 Å². The molecule has 0 unspecified atom stereocenters. The molecule has 2 aliphatic rings. The van der Waals surface area contributed by atoms with Gasteiger partial charge < -0.3 is 15.4 Å². The third kappa shape index (κ3) is 6.88. The normalized spacial score (nSPS) is 19.9. The molecule has 6 heteroatoms. The summed E-state index contributed by atoms with van der Waals surface area (Å²) in [6.45, 7) is 8.94. The Labute approximate surface area is 187 Å². The van der Waals surface area contributed by atoms with Crippen LogP contribution in [0.15, 0.2) is 29.3 Å². The number of morpholine rings is 1. The average molecular weight is 500 g/mol. The van der Waals surface area contributed by atoms with Gasteiger partial charge in [0.15, 0.2) is 5.96 Å². The van der Waals surface area contributed by atoms with E-state index in [0.717, 1.165) is 51.9 Å². The fraction of sp³-hybridized carbons (Fsp3) is 0.682. The molecule has 0 spiro atoms. The molecule has 2 N–H and O–H groups in total. The Balaban J connectivity index is 0.00000280. The van der Waals surface area contributed by atoms with Gasteiger partial charge >= 0.3 is 0 Å². The molecular formula is C22H37IN4O. The van der Waals surface area contributed by atoms with E-state index < -0.39 is 0 Å². The molecule has 158 valence electrons. The molecule has 0 amide bonds. The number of nitrogens with one attached hydrogen (secondary N) is 2. The van der Waals surface area contributed by atoms with Gasteiger partial charge in [-0.05, 0) is 35.8 Å². The van der Waals surface area contributed by atoms with Gasteiger partial charge in [-0.1, -0.05) is 44.0 Å². The first-order chi connectivity index (χ1) is 13.2. The summed E-state index contributed by atoms with van der Waals surface area (Å²) in [4.78, 5) is 6.85. The summed E-state index contributed by atoms with van der Waals surface area (Å²) < 4.78 is 5.42. The molecular weight excluding hydrogens is 463 g/mol. The van der Waals surface area contributed by atoms with Crippen LogP contribution in [0.1, 0.15) is 50.2 Å². The summed E-state index contributed by atoms with van der Waals surface area (Å²) in [5.74, 6) is 0.909. The predicted molar refractivity (Wildman–Crippen MR) is 127 cm³/mol. The van der Waals surface area contributed by atoms with E-state index in [1.54, 1.807) is 0 Å². The Morgan fingerprint density at radius 2 is 1.71 bits per heavy atom. The summed E-state index contributed by atoms with van der Waals surface area (Å²) in [7, 11) is 1.86. The van der Waals surface area contributed by atoms with Gasteiger partial charge in [-0.2, -0.15) is 0 Å². The maximum Gasteiger partial charge on any atom is 0.191 e. The Kier molecular flexibility index (Phi) is 10.0. The summed E-state index contributed by atoms with van der Waals surface area (Å²) in [5.41, 5.74) is 3.13. The SMILES string of the molecule is CCC1(CNC(=NC)NCc2ccc(CN3CCOCC3)cc2)CCCC1.I. The molecule has 2 fully saturated rings. The lowest BCUT2D eigenvalue weighted by Crippen LogP contribution is -2.42. The van der Waals surface area contributed by atoms with Crippen molar-refractivity contribution in [1.29, 1.82) is 0 Å². The van der Waals surface area contributed by atoms with Crippen LogP contribution in [-0.4, -0.2) is 50.8 Å². The largest absolute Gasteiger partial charge is 0.379 e. The molecule has 3 rings (SSSR count). The van der Waals surface area contributed by atoms with Crippen LogP contribution in [0.3, 0.4) is 0 Å². The van der Waals surface area contributed by atoms with Crippen LogP contribution in [0, 0.1) is 5.41 Å². The number of nitrogens with zero attached hydrogens (tertiary/aromatic N) is 2. The monoisotopic (exact) mass is 500 g/mol. The van der Waals surface area contributed by atoms with Crippen LogP contribution in [0.2, 0.25) is 0 Å². The van der Waals surface area contributed by atoms with E-state index >= 15 is 0 Å². The van der Waals surface area contributed by atoms with Crippen molar-refractivity contribution in [3.8, 4) is 0 Å². The molecule has 5 nitrogen and oxygen atoms in total. The predicted octanol–water partition coefficient (Wildman–Crippen LogP) is 3.77. The molecule has 1 saturated carbocycles. The van der Waals surface area contributed by atoms with Crippen molar-refractivity contribution in [3.63, 3.8) is 0 Å². The van der Waals surface area contributed by atoms with E-state index in [-0.39, 0.29) is 24.0 Å². The molecule has 1 aliphatic heterocycles. The van der Waals surface area contributed by atoms with Crippen LogP contribution >= 0.6 is 24.0 Å². The maximum absolute atomic E-state index is 5.42. The lowest BCUT2D eigenvalue weighted by Gasteiger charge is -2.28. The molecule has 1 aromatic carbocycles. The van der Waals surface area contributed by atoms with E-state index in [0.29, 0.717) is 5.41 Å². The zero-order chi connectivity index (χ0) is 19.0. The fourth-order valence-electron chi connectivity index (χ4n) is 4.24. The van der Waals surface area contributed by atoms with Crippen LogP contribution < -0.4 is 10.6 Å². The Morgan fingerprint density at radius 1 is 1.07 bits per heavy atom. The zero-order valence-electron chi connectivity index (χ0n) is 17.5. The molecule has 1 heterocycles. The molecule has 0 radical (unpaired) electrons. The minimum atomic E-state index is 0. The average Bonchev–Trinajstić information content (AvgIpc) is 3.19. The smallest absolute Gasteiger partial charge is 0.191 e. The Morgan fingerprint density at radius 3 is 2.32 bits per heavy atom. The van der Waals surface area contributed by atoms with Crippen LogP contribution in [0.5, 0.6) is 0 Å². The van der Waals surface area contributed by atoms with Gasteiger partial charge in [-0.25, -0.2) is 0 Å². The second-order valence-electron chi connectivity index (χ2n) is 8.04. The van der Waals surface area contributed by atoms with Crippen LogP contribution in [-0.2, 0) is 17.8 Å². The minimum Gasteiger partial charge on any atom is -0.379 e. The quantitative estimate of drug-likeness (QED) is 0.340. The number of halogens is 1. The first kappa shape index (κ1) is 23.4. The molecule has 0 atom stereocenters. The van der Waals surface area contributed by atoms with Crippen LogP contribution in [0.4, 0.5) is 0 Å². The number of ether oxygens (including phenoxy) is 1. The topological polar surface area (TPSA) is 48.9 Å². The number of guanidine groups is 1. The van der Waals surface area contributed by atoms with E-state index in [9.17, 15) is 0 Å². The number of aliphatic imine (C=N–C) groups is 1. The van der Waals surface area contributed by atoms with Crippen molar-refractivity contribution in [2.24, 2.45) is 10.4 Å². The highest BCUT2D eigenvalue weighted by molar-refractivity contribution is 14.0. The molecule has 28 heavy (non-hydrogen) atoms. The Hall–Kier alpha value is -0.860. The molecule has 1 saturated heterocycles. The highest BCUT2D eigenvalue weighted by Gasteiger charge is 2.31. The van der Waals surface area contributed by atoms with Gasteiger partial charge in [0.1, 0.15) is 0 Å². The van der Waals surface area contributed by atoms with Gasteiger partial charge in [0.2, 0.25) is 0 Å². The first-order valence-electron chi connectivity index (χ1n) is 10.6. The second kappa shape index (κ2) is 12.0. The number of benzene rings is 1. The standard InChI is InChI=1S/C22H36N4O.HI/c1-3-22(10-4-5-11-22)18-25-21(23-2)24-16-19-6-8-20(9-7-19)17-26-12-14-27-15-13-26;/h6-9H,3-5,10-18H2,1-2H3,(H2,23,24,25);1H. The summed E-state index contributed by atoms with van der Waals surface area (Å²) in [6, 6.07) is 8.93. The van der Waals surface area contributed by atoms with Gasteiger partial charge in [-0.3, -0.25) is 9.89 Å². The minimum absolute atomic E-state index is 0. The molecule has 0 bridgehead atoms. The number of hydrogen-bond donors (Lipinski definition) is 2. The van der Waals surface area contributed by atoms with E-state index in [4.69, 9.17) is 4.74 Å². The van der Waals surface area contributed by atoms with Gasteiger partial charge in [0.05, 0.1) is 13.2 Å². The highest BCUT2D eigenvalue weighted by atomic mass is 127. The lowest BCUT2D eigenvalue weighted by atomic mass is 9.83.